The van der Waals surface area contributed by atoms with Gasteiger partial charge in [0.1, 0.15) is 5.82 Å². The van der Waals surface area contributed by atoms with E-state index < -0.39 is 24.2 Å². The number of hydrazine groups is 1. The van der Waals surface area contributed by atoms with Gasteiger partial charge < -0.3 is 9.47 Å². The SMILES string of the molecule is COc1cc(C(=O)NNC(=O)CSc2ccccc2F)ccc1OC(F)F. The number of hydrogen-bond acceptors (Lipinski definition) is 5. The Balaban J connectivity index is 1.89. The van der Waals surface area contributed by atoms with Crippen molar-refractivity contribution in [2.45, 2.75) is 11.5 Å². The zero-order valence-electron chi connectivity index (χ0n) is 14.0. The van der Waals surface area contributed by atoms with Crippen molar-refractivity contribution in [1.82, 2.24) is 10.9 Å². The first kappa shape index (κ1) is 20.4. The van der Waals surface area contributed by atoms with Crippen LogP contribution in [0.2, 0.25) is 0 Å². The summed E-state index contributed by atoms with van der Waals surface area (Å²) in [5, 5.41) is 0. The monoisotopic (exact) mass is 400 g/mol. The molecule has 2 amide bonds. The van der Waals surface area contributed by atoms with Crippen molar-refractivity contribution in [1.29, 1.82) is 0 Å². The van der Waals surface area contributed by atoms with Crippen molar-refractivity contribution in [3.63, 3.8) is 0 Å². The third kappa shape index (κ3) is 6.10. The van der Waals surface area contributed by atoms with Gasteiger partial charge in [-0.3, -0.25) is 20.4 Å². The summed E-state index contributed by atoms with van der Waals surface area (Å²) >= 11 is 0.970. The van der Waals surface area contributed by atoms with Gasteiger partial charge in [0.05, 0.1) is 12.9 Å². The maximum absolute atomic E-state index is 13.5. The molecule has 0 atom stereocenters. The van der Waals surface area contributed by atoms with Crippen molar-refractivity contribution >= 4 is 23.6 Å². The predicted octanol–water partition coefficient (Wildman–Crippen LogP) is 2.99. The van der Waals surface area contributed by atoms with Crippen LogP contribution in [0, 0.1) is 5.82 Å². The maximum Gasteiger partial charge on any atom is 0.387 e. The first-order valence-corrected chi connectivity index (χ1v) is 8.48. The van der Waals surface area contributed by atoms with Crippen molar-refractivity contribution in [2.75, 3.05) is 12.9 Å². The number of halogens is 3. The molecule has 0 heterocycles. The number of carbonyl (C=O) groups is 2. The van der Waals surface area contributed by atoms with Gasteiger partial charge in [0, 0.05) is 10.5 Å². The fourth-order valence-corrected chi connectivity index (χ4v) is 2.68. The molecule has 2 rings (SSSR count). The lowest BCUT2D eigenvalue weighted by molar-refractivity contribution is -0.119. The predicted molar refractivity (Wildman–Crippen MR) is 92.4 cm³/mol. The van der Waals surface area contributed by atoms with Gasteiger partial charge in [0.2, 0.25) is 5.91 Å². The van der Waals surface area contributed by atoms with Crippen LogP contribution >= 0.6 is 11.8 Å². The van der Waals surface area contributed by atoms with Crippen molar-refractivity contribution in [2.24, 2.45) is 0 Å². The van der Waals surface area contributed by atoms with E-state index >= 15 is 0 Å². The molecule has 0 aliphatic heterocycles. The molecule has 27 heavy (non-hydrogen) atoms. The smallest absolute Gasteiger partial charge is 0.387 e. The van der Waals surface area contributed by atoms with E-state index in [1.807, 2.05) is 0 Å². The number of thioether (sulfide) groups is 1. The van der Waals surface area contributed by atoms with E-state index in [4.69, 9.17) is 4.74 Å². The Morgan fingerprint density at radius 2 is 1.85 bits per heavy atom. The highest BCUT2D eigenvalue weighted by Crippen LogP contribution is 2.29. The first-order valence-electron chi connectivity index (χ1n) is 7.50. The molecule has 6 nitrogen and oxygen atoms in total. The highest BCUT2D eigenvalue weighted by atomic mass is 32.2. The average Bonchev–Trinajstić information content (AvgIpc) is 2.65. The van der Waals surface area contributed by atoms with Crippen molar-refractivity contribution < 1.29 is 32.2 Å². The lowest BCUT2D eigenvalue weighted by Gasteiger charge is -2.12. The van der Waals surface area contributed by atoms with Crippen LogP contribution in [0.1, 0.15) is 10.4 Å². The number of methoxy groups -OCH3 is 1. The van der Waals surface area contributed by atoms with E-state index in [2.05, 4.69) is 15.6 Å². The van der Waals surface area contributed by atoms with Crippen molar-refractivity contribution in [3.8, 4) is 11.5 Å². The zero-order chi connectivity index (χ0) is 19.8. The summed E-state index contributed by atoms with van der Waals surface area (Å²) < 4.78 is 47.2. The highest BCUT2D eigenvalue weighted by molar-refractivity contribution is 8.00. The van der Waals surface area contributed by atoms with Crippen LogP contribution in [-0.2, 0) is 4.79 Å². The quantitative estimate of drug-likeness (QED) is 0.552. The van der Waals surface area contributed by atoms with Crippen LogP contribution in [0.25, 0.3) is 0 Å². The Hall–Kier alpha value is -2.88. The number of ether oxygens (including phenoxy) is 2. The Morgan fingerprint density at radius 3 is 2.52 bits per heavy atom. The molecule has 2 aromatic carbocycles. The van der Waals surface area contributed by atoms with E-state index in [9.17, 15) is 22.8 Å². The lowest BCUT2D eigenvalue weighted by atomic mass is 10.2. The van der Waals surface area contributed by atoms with Gasteiger partial charge in [-0.15, -0.1) is 11.8 Å². The molecule has 0 fully saturated rings. The summed E-state index contributed by atoms with van der Waals surface area (Å²) in [5.74, 6) is -2.11. The Kier molecular flexibility index (Phi) is 7.35. The van der Waals surface area contributed by atoms with Gasteiger partial charge in [-0.25, -0.2) is 4.39 Å². The minimum atomic E-state index is -3.04. The summed E-state index contributed by atoms with van der Waals surface area (Å²) in [4.78, 5) is 24.1. The van der Waals surface area contributed by atoms with Gasteiger partial charge >= 0.3 is 6.61 Å². The van der Waals surface area contributed by atoms with Crippen LogP contribution in [-0.4, -0.2) is 31.3 Å². The van der Waals surface area contributed by atoms with Crippen molar-refractivity contribution in [3.05, 3.63) is 53.8 Å². The largest absolute Gasteiger partial charge is 0.493 e. The van der Waals surface area contributed by atoms with Crippen LogP contribution in [0.5, 0.6) is 11.5 Å². The molecule has 144 valence electrons. The van der Waals surface area contributed by atoms with E-state index in [1.54, 1.807) is 6.07 Å². The molecule has 0 unspecified atom stereocenters. The van der Waals surface area contributed by atoms with Gasteiger partial charge in [0.15, 0.2) is 11.5 Å². The van der Waals surface area contributed by atoms with Crippen LogP contribution < -0.4 is 20.3 Å². The molecule has 0 bridgehead atoms. The third-order valence-electron chi connectivity index (χ3n) is 3.15. The van der Waals surface area contributed by atoms with E-state index in [-0.39, 0.29) is 22.8 Å². The standard InChI is InChI=1S/C17H15F3N2O4S/c1-25-13-8-10(6-7-12(13)26-17(19)20)16(24)22-21-15(23)9-27-14-5-3-2-4-11(14)18/h2-8,17H,9H2,1H3,(H,21,23)(H,22,24). The molecule has 2 N–H and O–H groups in total. The van der Waals surface area contributed by atoms with E-state index in [1.165, 1.54) is 37.4 Å². The molecule has 0 spiro atoms. The summed E-state index contributed by atoms with van der Waals surface area (Å²) in [7, 11) is 1.23. The molecular weight excluding hydrogens is 385 g/mol. The number of carbonyl (C=O) groups excluding carboxylic acids is 2. The normalized spacial score (nSPS) is 10.4. The van der Waals surface area contributed by atoms with Gasteiger partial charge in [-0.1, -0.05) is 12.1 Å². The number of rotatable bonds is 7. The van der Waals surface area contributed by atoms with E-state index in [0.29, 0.717) is 4.90 Å². The molecule has 0 aliphatic rings. The number of benzene rings is 2. The molecule has 2 aromatic rings. The Labute approximate surface area is 157 Å². The molecule has 0 radical (unpaired) electrons. The fourth-order valence-electron chi connectivity index (χ4n) is 1.94. The molecular formula is C17H15F3N2O4S. The first-order chi connectivity index (χ1) is 12.9. The molecule has 0 aromatic heterocycles. The van der Waals surface area contributed by atoms with Gasteiger partial charge in [0.25, 0.3) is 5.91 Å². The zero-order valence-corrected chi connectivity index (χ0v) is 14.8. The van der Waals surface area contributed by atoms with Gasteiger partial charge in [-0.05, 0) is 30.3 Å². The molecule has 0 aliphatic carbocycles. The van der Waals surface area contributed by atoms with Crippen LogP contribution in [0.4, 0.5) is 13.2 Å². The number of alkyl halides is 2. The van der Waals surface area contributed by atoms with E-state index in [0.717, 1.165) is 17.8 Å². The average molecular weight is 400 g/mol. The van der Waals surface area contributed by atoms with Crippen LogP contribution in [0.15, 0.2) is 47.4 Å². The minimum absolute atomic E-state index is 0.0514. The topological polar surface area (TPSA) is 76.7 Å². The maximum atomic E-state index is 13.5. The number of amides is 2. The summed E-state index contributed by atoms with van der Waals surface area (Å²) in [6.45, 7) is -3.04. The second-order valence-corrected chi connectivity index (χ2v) is 5.98. The van der Waals surface area contributed by atoms with Crippen LogP contribution in [0.3, 0.4) is 0 Å². The second-order valence-electron chi connectivity index (χ2n) is 4.97. The van der Waals surface area contributed by atoms with Gasteiger partial charge in [-0.2, -0.15) is 8.78 Å². The minimum Gasteiger partial charge on any atom is -0.493 e. The number of nitrogens with one attached hydrogen (secondary N) is 2. The molecule has 0 saturated carbocycles. The Bertz CT molecular complexity index is 821. The summed E-state index contributed by atoms with van der Waals surface area (Å²) in [6, 6.07) is 9.54. The Morgan fingerprint density at radius 1 is 1.11 bits per heavy atom. The second kappa shape index (κ2) is 9.72. The lowest BCUT2D eigenvalue weighted by Crippen LogP contribution is -2.42. The fraction of sp³-hybridized carbons (Fsp3) is 0.176. The summed E-state index contributed by atoms with van der Waals surface area (Å²) in [5.41, 5.74) is 4.40. The highest BCUT2D eigenvalue weighted by Gasteiger charge is 2.15. The number of hydrogen-bond donors (Lipinski definition) is 2. The molecule has 10 heteroatoms. The molecule has 0 saturated heterocycles. The summed E-state index contributed by atoms with van der Waals surface area (Å²) in [6.07, 6.45) is 0. The third-order valence-corrected chi connectivity index (χ3v) is 4.20.